The topological polar surface area (TPSA) is 66.9 Å². The van der Waals surface area contributed by atoms with Crippen molar-refractivity contribution >= 4 is 16.5 Å². The maximum atomic E-state index is 12.5. The lowest BCUT2D eigenvalue weighted by molar-refractivity contribution is 0.682. The molecule has 0 aromatic heterocycles. The van der Waals surface area contributed by atoms with Gasteiger partial charge in [-0.2, -0.15) is 5.26 Å². The molecule has 1 atom stereocenters. The molecule has 0 radical (unpaired) electrons. The lowest BCUT2D eigenvalue weighted by Crippen LogP contribution is -2.01. The third-order valence-corrected chi connectivity index (χ3v) is 4.26. The number of hydrogen-bond donors (Lipinski definition) is 1. The summed E-state index contributed by atoms with van der Waals surface area (Å²) >= 11 is 0. The van der Waals surface area contributed by atoms with Gasteiger partial charge in [0.15, 0.2) is 0 Å². The molecule has 0 aliphatic carbocycles. The summed E-state index contributed by atoms with van der Waals surface area (Å²) in [6.45, 7) is 1.89. The zero-order valence-electron chi connectivity index (χ0n) is 9.88. The molecule has 0 unspecified atom stereocenters. The van der Waals surface area contributed by atoms with E-state index in [9.17, 15) is 4.21 Å². The number of hydrogen-bond acceptors (Lipinski definition) is 3. The van der Waals surface area contributed by atoms with Crippen LogP contribution in [0.2, 0.25) is 0 Å². The molecule has 2 rings (SSSR count). The van der Waals surface area contributed by atoms with Gasteiger partial charge in [0.1, 0.15) is 6.07 Å². The third-order valence-electron chi connectivity index (χ3n) is 2.66. The van der Waals surface area contributed by atoms with Gasteiger partial charge in [-0.05, 0) is 30.7 Å². The first kappa shape index (κ1) is 12.3. The first-order chi connectivity index (χ1) is 8.65. The van der Waals surface area contributed by atoms with Gasteiger partial charge >= 0.3 is 0 Å². The van der Waals surface area contributed by atoms with E-state index in [1.807, 2.05) is 31.2 Å². The van der Waals surface area contributed by atoms with Crippen molar-refractivity contribution in [3.8, 4) is 6.07 Å². The zero-order chi connectivity index (χ0) is 13.1. The Hall–Kier alpha value is -2.12. The summed E-state index contributed by atoms with van der Waals surface area (Å²) in [6.07, 6.45) is 0. The fourth-order valence-electron chi connectivity index (χ4n) is 1.71. The largest absolute Gasteiger partial charge is 0.398 e. The van der Waals surface area contributed by atoms with Crippen LogP contribution in [-0.2, 0) is 10.8 Å². The molecule has 2 aromatic carbocycles. The highest BCUT2D eigenvalue weighted by atomic mass is 32.2. The van der Waals surface area contributed by atoms with Crippen LogP contribution in [0.25, 0.3) is 0 Å². The molecule has 0 aliphatic heterocycles. The Morgan fingerprint density at radius 1 is 1.11 bits per heavy atom. The van der Waals surface area contributed by atoms with Crippen molar-refractivity contribution in [3.05, 3.63) is 53.6 Å². The Labute approximate surface area is 108 Å². The molecular weight excluding hydrogens is 244 g/mol. The lowest BCUT2D eigenvalue weighted by atomic mass is 10.2. The van der Waals surface area contributed by atoms with Gasteiger partial charge in [0.25, 0.3) is 0 Å². The average molecular weight is 256 g/mol. The van der Waals surface area contributed by atoms with Crippen molar-refractivity contribution in [2.75, 3.05) is 5.73 Å². The minimum Gasteiger partial charge on any atom is -0.398 e. The van der Waals surface area contributed by atoms with Crippen LogP contribution in [0.5, 0.6) is 0 Å². The fraction of sp³-hybridized carbons (Fsp3) is 0.0714. The summed E-state index contributed by atoms with van der Waals surface area (Å²) in [7, 11) is -1.38. The van der Waals surface area contributed by atoms with Gasteiger partial charge in [-0.3, -0.25) is 0 Å². The van der Waals surface area contributed by atoms with Gasteiger partial charge in [0.2, 0.25) is 0 Å². The highest BCUT2D eigenvalue weighted by molar-refractivity contribution is 7.85. The minimum absolute atomic E-state index is 0.291. The van der Waals surface area contributed by atoms with Gasteiger partial charge in [0.05, 0.1) is 26.9 Å². The summed E-state index contributed by atoms with van der Waals surface area (Å²) in [5, 5.41) is 9.10. The van der Waals surface area contributed by atoms with Gasteiger partial charge in [-0.15, -0.1) is 0 Å². The monoisotopic (exact) mass is 256 g/mol. The molecule has 0 amide bonds. The number of rotatable bonds is 2. The highest BCUT2D eigenvalue weighted by Crippen LogP contribution is 2.25. The van der Waals surface area contributed by atoms with Crippen LogP contribution in [0.3, 0.4) is 0 Å². The molecule has 0 bridgehead atoms. The molecule has 2 aromatic rings. The van der Waals surface area contributed by atoms with Crippen molar-refractivity contribution in [2.45, 2.75) is 16.7 Å². The predicted octanol–water partition coefficient (Wildman–Crippen LogP) is 2.62. The molecule has 0 saturated carbocycles. The molecule has 4 heteroatoms. The number of nitrogens with two attached hydrogens (primary N) is 1. The Kier molecular flexibility index (Phi) is 3.45. The van der Waals surface area contributed by atoms with E-state index in [1.54, 1.807) is 24.3 Å². The average Bonchev–Trinajstić information content (AvgIpc) is 2.38. The normalized spacial score (nSPS) is 11.8. The Morgan fingerprint density at radius 2 is 1.78 bits per heavy atom. The van der Waals surface area contributed by atoms with E-state index in [4.69, 9.17) is 11.0 Å². The van der Waals surface area contributed by atoms with Crippen LogP contribution in [0.4, 0.5) is 5.69 Å². The molecule has 3 nitrogen and oxygen atoms in total. The lowest BCUT2D eigenvalue weighted by Gasteiger charge is -2.08. The molecule has 90 valence electrons. The number of nitriles is 1. The molecule has 0 spiro atoms. The van der Waals surface area contributed by atoms with E-state index < -0.39 is 10.8 Å². The number of anilines is 1. The first-order valence-electron chi connectivity index (χ1n) is 5.41. The standard InChI is InChI=1S/C14H12N2OS/c1-10-5-2-3-7-13(10)18(17)14-8-4-6-12(16)11(14)9-15/h2-8H,16H2,1H3/t18-/m1/s1. The zero-order valence-corrected chi connectivity index (χ0v) is 10.7. The maximum Gasteiger partial charge on any atom is 0.103 e. The number of nitrogen functional groups attached to an aromatic ring is 1. The second kappa shape index (κ2) is 5.03. The van der Waals surface area contributed by atoms with E-state index in [2.05, 4.69) is 0 Å². The first-order valence-corrected chi connectivity index (χ1v) is 6.56. The van der Waals surface area contributed by atoms with Crippen LogP contribution in [-0.4, -0.2) is 4.21 Å². The molecule has 0 saturated heterocycles. The highest BCUT2D eigenvalue weighted by Gasteiger charge is 2.15. The molecular formula is C14H12N2OS. The Bertz CT molecular complexity index is 659. The fourth-order valence-corrected chi connectivity index (χ4v) is 3.06. The van der Waals surface area contributed by atoms with Crippen molar-refractivity contribution in [2.24, 2.45) is 0 Å². The van der Waals surface area contributed by atoms with E-state index in [0.717, 1.165) is 5.56 Å². The van der Waals surface area contributed by atoms with E-state index in [1.165, 1.54) is 0 Å². The molecule has 0 fully saturated rings. The Balaban J connectivity index is 2.58. The predicted molar refractivity (Wildman–Crippen MR) is 71.4 cm³/mol. The SMILES string of the molecule is Cc1ccccc1[S@@](=O)c1cccc(N)c1C#N. The summed E-state index contributed by atoms with van der Waals surface area (Å²) in [6, 6.07) is 14.5. The summed E-state index contributed by atoms with van der Waals surface area (Å²) in [4.78, 5) is 1.17. The van der Waals surface area contributed by atoms with Gasteiger partial charge in [-0.1, -0.05) is 24.3 Å². The van der Waals surface area contributed by atoms with Gasteiger partial charge in [-0.25, -0.2) is 4.21 Å². The van der Waals surface area contributed by atoms with E-state index in [-0.39, 0.29) is 0 Å². The smallest absolute Gasteiger partial charge is 0.103 e. The summed E-state index contributed by atoms with van der Waals surface area (Å²) in [5.74, 6) is 0. The quantitative estimate of drug-likeness (QED) is 0.840. The third kappa shape index (κ3) is 2.13. The molecule has 0 heterocycles. The second-order valence-electron chi connectivity index (χ2n) is 3.87. The maximum absolute atomic E-state index is 12.5. The van der Waals surface area contributed by atoms with Crippen LogP contribution in [0, 0.1) is 18.3 Å². The Morgan fingerprint density at radius 3 is 2.44 bits per heavy atom. The summed E-state index contributed by atoms with van der Waals surface area (Å²) in [5.41, 5.74) is 7.31. The molecule has 18 heavy (non-hydrogen) atoms. The van der Waals surface area contributed by atoms with Crippen LogP contribution in [0.1, 0.15) is 11.1 Å². The number of nitrogens with zero attached hydrogens (tertiary/aromatic N) is 1. The van der Waals surface area contributed by atoms with Gasteiger partial charge < -0.3 is 5.73 Å². The minimum atomic E-state index is -1.38. The summed E-state index contributed by atoms with van der Waals surface area (Å²) < 4.78 is 12.5. The number of benzene rings is 2. The van der Waals surface area contributed by atoms with Crippen molar-refractivity contribution in [3.63, 3.8) is 0 Å². The van der Waals surface area contributed by atoms with Crippen molar-refractivity contribution < 1.29 is 4.21 Å². The van der Waals surface area contributed by atoms with E-state index >= 15 is 0 Å². The van der Waals surface area contributed by atoms with Crippen LogP contribution in [0.15, 0.2) is 52.3 Å². The van der Waals surface area contributed by atoms with Crippen LogP contribution < -0.4 is 5.73 Å². The second-order valence-corrected chi connectivity index (χ2v) is 5.28. The molecule has 2 N–H and O–H groups in total. The van der Waals surface area contributed by atoms with Gasteiger partial charge in [0, 0.05) is 4.90 Å². The van der Waals surface area contributed by atoms with Crippen molar-refractivity contribution in [1.82, 2.24) is 0 Å². The van der Waals surface area contributed by atoms with Crippen LogP contribution >= 0.6 is 0 Å². The van der Waals surface area contributed by atoms with E-state index in [0.29, 0.717) is 21.0 Å². The molecule has 0 aliphatic rings. The van der Waals surface area contributed by atoms with Crippen molar-refractivity contribution in [1.29, 1.82) is 5.26 Å². The number of aryl methyl sites for hydroxylation is 1.